The van der Waals surface area contributed by atoms with E-state index >= 15 is 0 Å². The molecule has 0 N–H and O–H groups in total. The first-order valence-corrected chi connectivity index (χ1v) is 7.94. The smallest absolute Gasteiger partial charge is 0.253 e. The van der Waals surface area contributed by atoms with Crippen molar-refractivity contribution in [3.63, 3.8) is 0 Å². The quantitative estimate of drug-likeness (QED) is 0.805. The van der Waals surface area contributed by atoms with Crippen molar-refractivity contribution in [3.05, 3.63) is 71.3 Å². The van der Waals surface area contributed by atoms with Crippen molar-refractivity contribution in [2.24, 2.45) is 0 Å². The molecule has 0 aliphatic carbocycles. The third-order valence-electron chi connectivity index (χ3n) is 4.39. The van der Waals surface area contributed by atoms with Gasteiger partial charge in [0.05, 0.1) is 0 Å². The van der Waals surface area contributed by atoms with Gasteiger partial charge in [0.25, 0.3) is 5.91 Å². The van der Waals surface area contributed by atoms with Crippen LogP contribution in [-0.4, -0.2) is 23.9 Å². The highest BCUT2D eigenvalue weighted by Crippen LogP contribution is 2.27. The van der Waals surface area contributed by atoms with Gasteiger partial charge in [-0.25, -0.2) is 8.78 Å². The van der Waals surface area contributed by atoms with Gasteiger partial charge in [-0.05, 0) is 54.8 Å². The summed E-state index contributed by atoms with van der Waals surface area (Å²) in [4.78, 5) is 14.5. The molecule has 4 heteroatoms. The molecule has 1 aliphatic rings. The molecule has 0 bridgehead atoms. The van der Waals surface area contributed by atoms with Crippen LogP contribution in [0.3, 0.4) is 0 Å². The van der Waals surface area contributed by atoms with Crippen molar-refractivity contribution >= 4 is 5.91 Å². The normalized spacial score (nSPS) is 18.5. The van der Waals surface area contributed by atoms with Gasteiger partial charge in [0, 0.05) is 24.6 Å². The van der Waals surface area contributed by atoms with Crippen molar-refractivity contribution in [2.75, 3.05) is 13.1 Å². The van der Waals surface area contributed by atoms with E-state index in [9.17, 15) is 13.6 Å². The molecule has 1 saturated heterocycles. The minimum absolute atomic E-state index is 0.0704. The number of rotatable bonds is 2. The van der Waals surface area contributed by atoms with Crippen LogP contribution < -0.4 is 0 Å². The number of carbonyl (C=O) groups is 1. The third-order valence-corrected chi connectivity index (χ3v) is 4.39. The molecule has 2 aromatic carbocycles. The van der Waals surface area contributed by atoms with Gasteiger partial charge in [0.1, 0.15) is 11.6 Å². The van der Waals surface area contributed by atoms with Gasteiger partial charge in [-0.2, -0.15) is 0 Å². The summed E-state index contributed by atoms with van der Waals surface area (Å²) >= 11 is 0. The number of hydrogen-bond acceptors (Lipinski definition) is 1. The number of nitrogens with zero attached hydrogens (tertiary/aromatic N) is 1. The zero-order valence-corrected chi connectivity index (χ0v) is 12.8. The van der Waals surface area contributed by atoms with E-state index in [1.54, 1.807) is 12.1 Å². The first kappa shape index (κ1) is 15.7. The Balaban J connectivity index is 1.77. The lowest BCUT2D eigenvalue weighted by Crippen LogP contribution is -2.34. The molecule has 0 aromatic heterocycles. The number of halogens is 2. The molecule has 1 atom stereocenters. The Labute approximate surface area is 134 Å². The number of hydrogen-bond donors (Lipinski definition) is 0. The van der Waals surface area contributed by atoms with E-state index in [2.05, 4.69) is 0 Å². The van der Waals surface area contributed by atoms with Crippen molar-refractivity contribution in [3.8, 4) is 0 Å². The van der Waals surface area contributed by atoms with Crippen molar-refractivity contribution in [1.82, 2.24) is 4.90 Å². The van der Waals surface area contributed by atoms with Gasteiger partial charge in [0.15, 0.2) is 0 Å². The topological polar surface area (TPSA) is 20.3 Å². The van der Waals surface area contributed by atoms with Crippen LogP contribution in [0.5, 0.6) is 0 Å². The Morgan fingerprint density at radius 1 is 0.913 bits per heavy atom. The summed E-state index contributed by atoms with van der Waals surface area (Å²) in [5, 5.41) is 0. The molecule has 1 heterocycles. The van der Waals surface area contributed by atoms with Crippen LogP contribution >= 0.6 is 0 Å². The predicted molar refractivity (Wildman–Crippen MR) is 85.3 cm³/mol. The third kappa shape index (κ3) is 3.76. The van der Waals surface area contributed by atoms with E-state index < -0.39 is 0 Å². The minimum Gasteiger partial charge on any atom is -0.338 e. The molecule has 1 aliphatic heterocycles. The van der Waals surface area contributed by atoms with Gasteiger partial charge in [-0.1, -0.05) is 18.6 Å². The second kappa shape index (κ2) is 6.90. The average molecular weight is 315 g/mol. The second-order valence-electron chi connectivity index (χ2n) is 6.00. The lowest BCUT2D eigenvalue weighted by atomic mass is 9.94. The summed E-state index contributed by atoms with van der Waals surface area (Å²) in [6, 6.07) is 12.2. The zero-order valence-electron chi connectivity index (χ0n) is 12.8. The molecular weight excluding hydrogens is 296 g/mol. The monoisotopic (exact) mass is 315 g/mol. The van der Waals surface area contributed by atoms with E-state index in [1.165, 1.54) is 36.4 Å². The maximum atomic E-state index is 13.1. The Morgan fingerprint density at radius 3 is 2.17 bits per heavy atom. The highest BCUT2D eigenvalue weighted by atomic mass is 19.1. The summed E-state index contributed by atoms with van der Waals surface area (Å²) in [6.07, 6.45) is 2.97. The van der Waals surface area contributed by atoms with Gasteiger partial charge in [0.2, 0.25) is 0 Å². The maximum absolute atomic E-state index is 13.1. The predicted octanol–water partition coefficient (Wildman–Crippen LogP) is 4.37. The molecule has 2 aromatic rings. The first-order valence-electron chi connectivity index (χ1n) is 7.94. The van der Waals surface area contributed by atoms with E-state index in [1.807, 2.05) is 4.90 Å². The fourth-order valence-electron chi connectivity index (χ4n) is 3.11. The Hall–Kier alpha value is -2.23. The molecule has 1 unspecified atom stereocenters. The summed E-state index contributed by atoms with van der Waals surface area (Å²) in [5.41, 5.74) is 1.57. The van der Waals surface area contributed by atoms with Crippen LogP contribution in [0.15, 0.2) is 48.5 Å². The Kier molecular flexibility index (Phi) is 4.70. The number of carbonyl (C=O) groups excluding carboxylic acids is 1. The van der Waals surface area contributed by atoms with E-state index in [4.69, 9.17) is 0 Å². The summed E-state index contributed by atoms with van der Waals surface area (Å²) < 4.78 is 26.1. The summed E-state index contributed by atoms with van der Waals surface area (Å²) in [7, 11) is 0. The molecule has 3 rings (SSSR count). The van der Waals surface area contributed by atoms with Gasteiger partial charge in [-0.15, -0.1) is 0 Å². The summed E-state index contributed by atoms with van der Waals surface area (Å²) in [5.74, 6) is -0.454. The fourth-order valence-corrected chi connectivity index (χ4v) is 3.11. The Morgan fingerprint density at radius 2 is 1.52 bits per heavy atom. The van der Waals surface area contributed by atoms with Gasteiger partial charge < -0.3 is 4.90 Å². The average Bonchev–Trinajstić information content (AvgIpc) is 2.82. The lowest BCUT2D eigenvalue weighted by Gasteiger charge is -2.25. The van der Waals surface area contributed by atoms with Crippen molar-refractivity contribution in [2.45, 2.75) is 25.2 Å². The largest absolute Gasteiger partial charge is 0.338 e. The minimum atomic E-state index is -0.346. The highest BCUT2D eigenvalue weighted by Gasteiger charge is 2.24. The van der Waals surface area contributed by atoms with Crippen molar-refractivity contribution in [1.29, 1.82) is 0 Å². The molecule has 0 saturated carbocycles. The van der Waals surface area contributed by atoms with Crippen LogP contribution in [0.2, 0.25) is 0 Å². The molecule has 120 valence electrons. The SMILES string of the molecule is O=C(c1ccc(F)cc1)N1CCCCC(c2ccc(F)cc2)C1. The first-order chi connectivity index (χ1) is 11.1. The summed E-state index contributed by atoms with van der Waals surface area (Å²) in [6.45, 7) is 1.32. The van der Waals surface area contributed by atoms with Crippen LogP contribution in [0, 0.1) is 11.6 Å². The molecular formula is C19H19F2NO. The van der Waals surface area contributed by atoms with E-state index in [0.717, 1.165) is 24.8 Å². The number of likely N-dealkylation sites (tertiary alicyclic amines) is 1. The molecule has 23 heavy (non-hydrogen) atoms. The van der Waals surface area contributed by atoms with Gasteiger partial charge in [-0.3, -0.25) is 4.79 Å². The number of benzene rings is 2. The van der Waals surface area contributed by atoms with Crippen LogP contribution in [-0.2, 0) is 0 Å². The van der Waals surface area contributed by atoms with Crippen molar-refractivity contribution < 1.29 is 13.6 Å². The van der Waals surface area contributed by atoms with Crippen LogP contribution in [0.25, 0.3) is 0 Å². The van der Waals surface area contributed by atoms with E-state index in [0.29, 0.717) is 18.7 Å². The second-order valence-corrected chi connectivity index (χ2v) is 6.00. The Bertz CT molecular complexity index is 667. The number of amides is 1. The highest BCUT2D eigenvalue weighted by molar-refractivity contribution is 5.94. The molecule has 1 amide bonds. The lowest BCUT2D eigenvalue weighted by molar-refractivity contribution is 0.0754. The molecule has 0 radical (unpaired) electrons. The molecule has 1 fully saturated rings. The van der Waals surface area contributed by atoms with E-state index in [-0.39, 0.29) is 23.5 Å². The molecule has 2 nitrogen and oxygen atoms in total. The van der Waals surface area contributed by atoms with Gasteiger partial charge >= 0.3 is 0 Å². The van der Waals surface area contributed by atoms with Crippen LogP contribution in [0.1, 0.15) is 41.1 Å². The standard InChI is InChI=1S/C19H19F2NO/c20-17-8-4-14(5-9-17)16-3-1-2-12-22(13-16)19(23)15-6-10-18(21)11-7-15/h4-11,16H,1-3,12-13H2. The zero-order chi connectivity index (χ0) is 16.2. The maximum Gasteiger partial charge on any atom is 0.253 e. The molecule has 0 spiro atoms. The van der Waals surface area contributed by atoms with Crippen LogP contribution in [0.4, 0.5) is 8.78 Å². The fraction of sp³-hybridized carbons (Fsp3) is 0.316.